The molecule has 0 atom stereocenters. The van der Waals surface area contributed by atoms with Gasteiger partial charge in [0.25, 0.3) is 0 Å². The maximum Gasteiger partial charge on any atom is 0.356 e. The number of benzene rings is 2. The molecular formula is C22H22N4O3. The average Bonchev–Trinajstić information content (AvgIpc) is 3.14. The van der Waals surface area contributed by atoms with Crippen molar-refractivity contribution in [3.63, 3.8) is 0 Å². The first kappa shape index (κ1) is 18.7. The van der Waals surface area contributed by atoms with Crippen LogP contribution in [0.2, 0.25) is 0 Å². The molecule has 0 aliphatic carbocycles. The van der Waals surface area contributed by atoms with Crippen LogP contribution in [0.5, 0.6) is 0 Å². The standard InChI is InChI=1S/C22H22N4O3/c27-21(28)20-18-15-25(22(29)23-13-11-16-7-3-1-4-8-16)14-12-19(18)26(24-20)17-9-5-2-6-10-17/h1-10H,11-15H2,(H,23,29)(H,27,28). The van der Waals surface area contributed by atoms with Crippen molar-refractivity contribution in [2.75, 3.05) is 13.1 Å². The van der Waals surface area contributed by atoms with E-state index >= 15 is 0 Å². The minimum absolute atomic E-state index is 0.00522. The maximum absolute atomic E-state index is 12.6. The number of carboxylic acid groups (broad SMARTS) is 1. The molecule has 0 saturated carbocycles. The van der Waals surface area contributed by atoms with Crippen LogP contribution in [0, 0.1) is 0 Å². The summed E-state index contributed by atoms with van der Waals surface area (Å²) >= 11 is 0. The zero-order valence-electron chi connectivity index (χ0n) is 15.9. The van der Waals surface area contributed by atoms with E-state index in [-0.39, 0.29) is 18.3 Å². The second kappa shape index (κ2) is 8.18. The van der Waals surface area contributed by atoms with Gasteiger partial charge in [0.1, 0.15) is 0 Å². The predicted molar refractivity (Wildman–Crippen MR) is 108 cm³/mol. The molecule has 2 amide bonds. The Balaban J connectivity index is 1.48. The lowest BCUT2D eigenvalue weighted by molar-refractivity contribution is 0.0687. The van der Waals surface area contributed by atoms with Gasteiger partial charge in [0, 0.05) is 25.1 Å². The van der Waals surface area contributed by atoms with Crippen LogP contribution < -0.4 is 5.32 Å². The molecule has 0 unspecified atom stereocenters. The predicted octanol–water partition coefficient (Wildman–Crippen LogP) is 2.88. The number of carbonyl (C=O) groups excluding carboxylic acids is 1. The zero-order valence-corrected chi connectivity index (χ0v) is 15.9. The van der Waals surface area contributed by atoms with Crippen LogP contribution in [0.25, 0.3) is 5.69 Å². The van der Waals surface area contributed by atoms with E-state index in [0.717, 1.165) is 23.4 Å². The molecule has 4 rings (SSSR count). The normalized spacial score (nSPS) is 13.0. The Hall–Kier alpha value is -3.61. The Morgan fingerprint density at radius 2 is 1.72 bits per heavy atom. The fraction of sp³-hybridized carbons (Fsp3) is 0.227. The van der Waals surface area contributed by atoms with Crippen LogP contribution in [-0.2, 0) is 19.4 Å². The summed E-state index contributed by atoms with van der Waals surface area (Å²) in [5.74, 6) is -1.08. The molecule has 1 aliphatic rings. The third-order valence-corrected chi connectivity index (χ3v) is 5.08. The number of nitrogens with one attached hydrogen (secondary N) is 1. The maximum atomic E-state index is 12.6. The van der Waals surface area contributed by atoms with Crippen molar-refractivity contribution in [3.8, 4) is 5.69 Å². The van der Waals surface area contributed by atoms with E-state index in [4.69, 9.17) is 0 Å². The summed E-state index contributed by atoms with van der Waals surface area (Å²) in [5.41, 5.74) is 3.43. The molecule has 0 spiro atoms. The molecule has 148 valence electrons. The van der Waals surface area contributed by atoms with Crippen LogP contribution in [0.3, 0.4) is 0 Å². The minimum atomic E-state index is -1.08. The summed E-state index contributed by atoms with van der Waals surface area (Å²) in [5, 5.41) is 16.8. The zero-order chi connectivity index (χ0) is 20.2. The summed E-state index contributed by atoms with van der Waals surface area (Å²) in [6.45, 7) is 1.28. The van der Waals surface area contributed by atoms with E-state index < -0.39 is 5.97 Å². The first-order chi connectivity index (χ1) is 14.1. The third kappa shape index (κ3) is 3.99. The lowest BCUT2D eigenvalue weighted by atomic mass is 10.1. The van der Waals surface area contributed by atoms with E-state index in [1.165, 1.54) is 0 Å². The van der Waals surface area contributed by atoms with Crippen LogP contribution in [-0.4, -0.2) is 44.9 Å². The van der Waals surface area contributed by atoms with E-state index in [2.05, 4.69) is 10.4 Å². The van der Waals surface area contributed by atoms with Gasteiger partial charge in [-0.1, -0.05) is 48.5 Å². The van der Waals surface area contributed by atoms with Crippen LogP contribution in [0.4, 0.5) is 4.79 Å². The monoisotopic (exact) mass is 390 g/mol. The van der Waals surface area contributed by atoms with Crippen LogP contribution in [0.1, 0.15) is 27.3 Å². The highest BCUT2D eigenvalue weighted by atomic mass is 16.4. The molecule has 7 heteroatoms. The number of nitrogens with zero attached hydrogens (tertiary/aromatic N) is 3. The lowest BCUT2D eigenvalue weighted by Crippen LogP contribution is -2.43. The quantitative estimate of drug-likeness (QED) is 0.701. The highest BCUT2D eigenvalue weighted by molar-refractivity contribution is 5.88. The summed E-state index contributed by atoms with van der Waals surface area (Å²) in [6, 6.07) is 19.2. The number of para-hydroxylation sites is 1. The van der Waals surface area contributed by atoms with Gasteiger partial charge in [-0.25, -0.2) is 14.3 Å². The number of hydrogen-bond donors (Lipinski definition) is 2. The average molecular weight is 390 g/mol. The van der Waals surface area contributed by atoms with Crippen molar-refractivity contribution < 1.29 is 14.7 Å². The summed E-state index contributed by atoms with van der Waals surface area (Å²) in [4.78, 5) is 26.0. The SMILES string of the molecule is O=C(O)c1nn(-c2ccccc2)c2c1CN(C(=O)NCCc1ccccc1)CC2. The first-order valence-electron chi connectivity index (χ1n) is 9.59. The van der Waals surface area contributed by atoms with Crippen molar-refractivity contribution >= 4 is 12.0 Å². The summed E-state index contributed by atoms with van der Waals surface area (Å²) < 4.78 is 1.68. The highest BCUT2D eigenvalue weighted by Crippen LogP contribution is 2.25. The smallest absolute Gasteiger partial charge is 0.356 e. The Kier molecular flexibility index (Phi) is 5.29. The van der Waals surface area contributed by atoms with Gasteiger partial charge >= 0.3 is 12.0 Å². The second-order valence-electron chi connectivity index (χ2n) is 6.97. The van der Waals surface area contributed by atoms with Gasteiger partial charge in [-0.2, -0.15) is 5.10 Å². The van der Waals surface area contributed by atoms with Crippen LogP contribution in [0.15, 0.2) is 60.7 Å². The molecule has 2 N–H and O–H groups in total. The number of amides is 2. The van der Waals surface area contributed by atoms with Crippen molar-refractivity contribution in [1.82, 2.24) is 20.0 Å². The number of aromatic carboxylic acids is 1. The number of urea groups is 1. The lowest BCUT2D eigenvalue weighted by Gasteiger charge is -2.28. The third-order valence-electron chi connectivity index (χ3n) is 5.08. The Labute approximate surface area is 168 Å². The molecule has 29 heavy (non-hydrogen) atoms. The summed E-state index contributed by atoms with van der Waals surface area (Å²) in [6.07, 6.45) is 1.30. The molecule has 3 aromatic rings. The largest absolute Gasteiger partial charge is 0.476 e. The van der Waals surface area contributed by atoms with Crippen LogP contribution >= 0.6 is 0 Å². The van der Waals surface area contributed by atoms with Crippen molar-refractivity contribution in [3.05, 3.63) is 83.2 Å². The van der Waals surface area contributed by atoms with E-state index in [1.54, 1.807) is 9.58 Å². The van der Waals surface area contributed by atoms with Gasteiger partial charge in [-0.3, -0.25) is 0 Å². The molecule has 7 nitrogen and oxygen atoms in total. The van der Waals surface area contributed by atoms with Gasteiger partial charge in [-0.15, -0.1) is 0 Å². The van der Waals surface area contributed by atoms with E-state index in [0.29, 0.717) is 25.1 Å². The van der Waals surface area contributed by atoms with Gasteiger partial charge in [0.05, 0.1) is 17.9 Å². The van der Waals surface area contributed by atoms with E-state index in [9.17, 15) is 14.7 Å². The molecular weight excluding hydrogens is 368 g/mol. The fourth-order valence-corrected chi connectivity index (χ4v) is 3.62. The van der Waals surface area contributed by atoms with Crippen molar-refractivity contribution in [2.24, 2.45) is 0 Å². The molecule has 0 bridgehead atoms. The molecule has 2 heterocycles. The molecule has 0 radical (unpaired) electrons. The number of rotatable bonds is 5. The molecule has 1 aromatic heterocycles. The Morgan fingerprint density at radius 1 is 1.03 bits per heavy atom. The molecule has 0 fully saturated rings. The fourth-order valence-electron chi connectivity index (χ4n) is 3.62. The molecule has 2 aromatic carbocycles. The van der Waals surface area contributed by atoms with Gasteiger partial charge in [0.2, 0.25) is 0 Å². The topological polar surface area (TPSA) is 87.5 Å². The first-order valence-corrected chi connectivity index (χ1v) is 9.59. The summed E-state index contributed by atoms with van der Waals surface area (Å²) in [7, 11) is 0. The minimum Gasteiger partial charge on any atom is -0.476 e. The van der Waals surface area contributed by atoms with Gasteiger partial charge in [-0.05, 0) is 24.1 Å². The number of carbonyl (C=O) groups is 2. The molecule has 0 saturated heterocycles. The van der Waals surface area contributed by atoms with Gasteiger partial charge in [0.15, 0.2) is 5.69 Å². The number of fused-ring (bicyclic) bond motifs is 1. The Morgan fingerprint density at radius 3 is 2.41 bits per heavy atom. The van der Waals surface area contributed by atoms with Gasteiger partial charge < -0.3 is 15.3 Å². The molecule has 1 aliphatic heterocycles. The number of aromatic nitrogens is 2. The number of carboxylic acids is 1. The second-order valence-corrected chi connectivity index (χ2v) is 6.97. The highest BCUT2D eigenvalue weighted by Gasteiger charge is 2.30. The van der Waals surface area contributed by atoms with Crippen molar-refractivity contribution in [1.29, 1.82) is 0 Å². The van der Waals surface area contributed by atoms with Crippen molar-refractivity contribution in [2.45, 2.75) is 19.4 Å². The number of hydrogen-bond acceptors (Lipinski definition) is 3. The Bertz CT molecular complexity index is 1020. The van der Waals surface area contributed by atoms with E-state index in [1.807, 2.05) is 60.7 Å².